The normalized spacial score (nSPS) is 19.2. The number of ether oxygens (including phenoxy) is 1. The van der Waals surface area contributed by atoms with Crippen LogP contribution in [0.25, 0.3) is 0 Å². The number of carbonyl (C=O) groups excluding carboxylic acids is 2. The fourth-order valence-corrected chi connectivity index (χ4v) is 4.93. The molecule has 1 aliphatic heterocycles. The van der Waals surface area contributed by atoms with E-state index in [0.29, 0.717) is 17.7 Å². The van der Waals surface area contributed by atoms with E-state index >= 15 is 0 Å². The average molecular weight is 583 g/mol. The Bertz CT molecular complexity index is 1310. The van der Waals surface area contributed by atoms with Crippen molar-refractivity contribution in [1.29, 1.82) is 0 Å². The Balaban J connectivity index is 1.84. The first-order valence-corrected chi connectivity index (χ1v) is 13.4. The Labute approximate surface area is 219 Å². The third-order valence-electron chi connectivity index (χ3n) is 6.43. The van der Waals surface area contributed by atoms with Crippen molar-refractivity contribution in [3.63, 3.8) is 0 Å². The molecule has 2 aromatic rings. The summed E-state index contributed by atoms with van der Waals surface area (Å²) in [5.41, 5.74) is -2.42. The monoisotopic (exact) mass is 582 g/mol. The van der Waals surface area contributed by atoms with E-state index in [1.165, 1.54) is 29.7 Å². The second-order valence-electron chi connectivity index (χ2n) is 9.36. The van der Waals surface area contributed by atoms with E-state index in [1.807, 2.05) is 0 Å². The first kappa shape index (κ1) is 30.2. The van der Waals surface area contributed by atoms with Gasteiger partial charge < -0.3 is 9.64 Å². The first-order chi connectivity index (χ1) is 17.8. The topological polar surface area (TPSA) is 113 Å². The molecule has 0 radical (unpaired) electrons. The van der Waals surface area contributed by atoms with E-state index in [0.717, 1.165) is 11.2 Å². The van der Waals surface area contributed by atoms with Gasteiger partial charge in [-0.3, -0.25) is 14.8 Å². The van der Waals surface area contributed by atoms with Crippen molar-refractivity contribution in [2.75, 3.05) is 18.6 Å². The number of halogens is 6. The molecule has 2 N–H and O–H groups in total. The fourth-order valence-electron chi connectivity index (χ4n) is 4.28. The molecule has 2 unspecified atom stereocenters. The third-order valence-corrected chi connectivity index (χ3v) is 7.40. The lowest BCUT2D eigenvalue weighted by atomic mass is 9.81. The van der Waals surface area contributed by atoms with E-state index in [1.54, 1.807) is 6.92 Å². The van der Waals surface area contributed by atoms with Crippen molar-refractivity contribution in [1.82, 2.24) is 10.4 Å². The van der Waals surface area contributed by atoms with E-state index in [9.17, 15) is 44.3 Å². The molecule has 1 heterocycles. The highest BCUT2D eigenvalue weighted by Gasteiger charge is 2.47. The highest BCUT2D eigenvalue weighted by Crippen LogP contribution is 2.40. The van der Waals surface area contributed by atoms with Gasteiger partial charge in [0, 0.05) is 12.8 Å². The van der Waals surface area contributed by atoms with Crippen LogP contribution in [0.5, 0.6) is 11.5 Å². The van der Waals surface area contributed by atoms with Gasteiger partial charge in [-0.1, -0.05) is 12.1 Å². The van der Waals surface area contributed by atoms with Crippen LogP contribution >= 0.6 is 0 Å². The summed E-state index contributed by atoms with van der Waals surface area (Å²) in [5, 5.41) is 9.08. The third kappa shape index (κ3) is 7.01. The maximum Gasteiger partial charge on any atom is 0.416 e. The number of hydroxylamine groups is 1. The number of amides is 2. The van der Waals surface area contributed by atoms with Crippen LogP contribution in [0.4, 0.5) is 26.3 Å². The van der Waals surface area contributed by atoms with Crippen LogP contribution in [-0.4, -0.2) is 54.9 Å². The molecule has 0 aliphatic carbocycles. The van der Waals surface area contributed by atoms with Crippen molar-refractivity contribution in [3.05, 3.63) is 59.2 Å². The first-order valence-electron chi connectivity index (χ1n) is 11.4. The van der Waals surface area contributed by atoms with E-state index in [2.05, 4.69) is 0 Å². The Hall–Kier alpha value is -3.33. The van der Waals surface area contributed by atoms with Crippen LogP contribution in [0.15, 0.2) is 42.5 Å². The minimum atomic E-state index is -5.04. The molecule has 3 rings (SSSR count). The predicted molar refractivity (Wildman–Crippen MR) is 125 cm³/mol. The van der Waals surface area contributed by atoms with Gasteiger partial charge in [-0.2, -0.15) is 26.3 Å². The molecule has 0 saturated carbocycles. The maximum atomic E-state index is 13.3. The summed E-state index contributed by atoms with van der Waals surface area (Å²) < 4.78 is 107. The molecule has 1 fully saturated rings. The van der Waals surface area contributed by atoms with Crippen LogP contribution in [0.2, 0.25) is 0 Å². The molecule has 15 heteroatoms. The Kier molecular flexibility index (Phi) is 8.27. The number of hydrogen-bond donors (Lipinski definition) is 2. The highest BCUT2D eigenvalue weighted by molar-refractivity contribution is 7.90. The summed E-state index contributed by atoms with van der Waals surface area (Å²) in [6, 6.07) is 4.95. The zero-order chi connectivity index (χ0) is 29.4. The quantitative estimate of drug-likeness (QED) is 0.273. The number of benzene rings is 2. The molecule has 8 nitrogen and oxygen atoms in total. The number of carbonyl (C=O) groups is 2. The van der Waals surface area contributed by atoms with Crippen LogP contribution in [0.3, 0.4) is 0 Å². The lowest BCUT2D eigenvalue weighted by Crippen LogP contribution is -2.49. The van der Waals surface area contributed by atoms with Crippen molar-refractivity contribution >= 4 is 21.7 Å². The van der Waals surface area contributed by atoms with Crippen LogP contribution < -0.4 is 10.2 Å². The van der Waals surface area contributed by atoms with E-state index in [-0.39, 0.29) is 31.2 Å². The van der Waals surface area contributed by atoms with Crippen molar-refractivity contribution in [2.45, 2.75) is 43.6 Å². The maximum absolute atomic E-state index is 13.3. The molecule has 1 saturated heterocycles. The summed E-state index contributed by atoms with van der Waals surface area (Å²) >= 11 is 0. The minimum Gasteiger partial charge on any atom is -0.457 e. The number of likely N-dealkylation sites (tertiary alicyclic amines) is 1. The van der Waals surface area contributed by atoms with Gasteiger partial charge in [0.15, 0.2) is 0 Å². The molecular weight excluding hydrogens is 558 g/mol. The summed E-state index contributed by atoms with van der Waals surface area (Å²) in [7, 11) is -3.48. The fraction of sp³-hybridized carbons (Fsp3) is 0.417. The molecule has 1 aliphatic rings. The van der Waals surface area contributed by atoms with Crippen molar-refractivity contribution in [3.8, 4) is 11.5 Å². The number of nitrogens with zero attached hydrogens (tertiary/aromatic N) is 1. The van der Waals surface area contributed by atoms with Crippen LogP contribution in [-0.2, 0) is 37.2 Å². The highest BCUT2D eigenvalue weighted by atomic mass is 32.2. The molecule has 2 amide bonds. The van der Waals surface area contributed by atoms with Crippen molar-refractivity contribution in [2.24, 2.45) is 0 Å². The summed E-state index contributed by atoms with van der Waals surface area (Å²) in [6.45, 7) is 1.62. The van der Waals surface area contributed by atoms with Gasteiger partial charge in [0.2, 0.25) is 5.91 Å². The molecule has 2 aromatic carbocycles. The largest absolute Gasteiger partial charge is 0.457 e. The molecule has 0 aromatic heterocycles. The molecule has 2 atom stereocenters. The Morgan fingerprint density at radius 1 is 1.05 bits per heavy atom. The lowest BCUT2D eigenvalue weighted by Gasteiger charge is -2.29. The van der Waals surface area contributed by atoms with Gasteiger partial charge in [-0.25, -0.2) is 13.9 Å². The standard InChI is InChI=1S/C24H24F6N2O6S/c1-22(8-9-32(21(22)34)19(20(33)31-35)7-10-39(2,36)37)14-3-5-17(6-4-14)38-18-12-15(23(25,26)27)11-16(13-18)24(28,29)30/h3-6,11-13,19,35H,7-10H2,1-2H3,(H,31,33). The second kappa shape index (κ2) is 10.7. The predicted octanol–water partition coefficient (Wildman–Crippen LogP) is 4.32. The summed E-state index contributed by atoms with van der Waals surface area (Å²) in [4.78, 5) is 26.7. The van der Waals surface area contributed by atoms with Crippen LogP contribution in [0, 0.1) is 0 Å². The number of nitrogens with one attached hydrogen (secondary N) is 1. The Morgan fingerprint density at radius 2 is 1.59 bits per heavy atom. The minimum absolute atomic E-state index is 0.0193. The van der Waals surface area contributed by atoms with E-state index in [4.69, 9.17) is 9.94 Å². The van der Waals surface area contributed by atoms with Gasteiger partial charge in [0.05, 0.1) is 22.3 Å². The average Bonchev–Trinajstić information content (AvgIpc) is 3.12. The molecular formula is C24H24F6N2O6S. The molecule has 0 spiro atoms. The van der Waals surface area contributed by atoms with Crippen LogP contribution in [0.1, 0.15) is 36.5 Å². The smallest absolute Gasteiger partial charge is 0.416 e. The number of hydrogen-bond acceptors (Lipinski definition) is 6. The number of alkyl halides is 6. The number of sulfone groups is 1. The van der Waals surface area contributed by atoms with Gasteiger partial charge >= 0.3 is 12.4 Å². The van der Waals surface area contributed by atoms with Gasteiger partial charge in [-0.05, 0) is 55.7 Å². The molecule has 0 bridgehead atoms. The SMILES string of the molecule is CC1(c2ccc(Oc3cc(C(F)(F)F)cc(C(F)(F)F)c3)cc2)CCN(C(CCS(C)(=O)=O)C(=O)NO)C1=O. The summed E-state index contributed by atoms with van der Waals surface area (Å²) in [5.74, 6) is -2.69. The van der Waals surface area contributed by atoms with Gasteiger partial charge in [0.25, 0.3) is 5.91 Å². The lowest BCUT2D eigenvalue weighted by molar-refractivity contribution is -0.143. The van der Waals surface area contributed by atoms with E-state index < -0.39 is 68.1 Å². The number of rotatable bonds is 8. The Morgan fingerprint density at radius 3 is 2.05 bits per heavy atom. The zero-order valence-corrected chi connectivity index (χ0v) is 21.4. The molecule has 214 valence electrons. The zero-order valence-electron chi connectivity index (χ0n) is 20.6. The van der Waals surface area contributed by atoms with Crippen molar-refractivity contribution < 1.29 is 54.3 Å². The van der Waals surface area contributed by atoms with Gasteiger partial charge in [0.1, 0.15) is 27.4 Å². The second-order valence-corrected chi connectivity index (χ2v) is 11.6. The summed E-state index contributed by atoms with van der Waals surface area (Å²) in [6.07, 6.45) is -9.18. The van der Waals surface area contributed by atoms with Gasteiger partial charge in [-0.15, -0.1) is 0 Å². The molecule has 39 heavy (non-hydrogen) atoms.